The molecule has 80 valence electrons. The van der Waals surface area contributed by atoms with Crippen molar-refractivity contribution in [3.8, 4) is 6.07 Å². The number of ether oxygens (including phenoxy) is 1. The van der Waals surface area contributed by atoms with E-state index in [0.717, 1.165) is 0 Å². The first-order chi connectivity index (χ1) is 6.60. The van der Waals surface area contributed by atoms with Crippen molar-refractivity contribution >= 4 is 6.03 Å². The van der Waals surface area contributed by atoms with Gasteiger partial charge < -0.3 is 15.4 Å². The number of nitriles is 1. The van der Waals surface area contributed by atoms with Crippen molar-refractivity contribution in [2.75, 3.05) is 20.3 Å². The van der Waals surface area contributed by atoms with Crippen LogP contribution in [-0.4, -0.2) is 32.3 Å². The van der Waals surface area contributed by atoms with E-state index >= 15 is 0 Å². The molecule has 0 saturated carbocycles. The van der Waals surface area contributed by atoms with Gasteiger partial charge in [0.25, 0.3) is 0 Å². The lowest BCUT2D eigenvalue weighted by atomic mass is 10.2. The molecule has 0 spiro atoms. The Balaban J connectivity index is 3.61. The van der Waals surface area contributed by atoms with Crippen LogP contribution in [0.2, 0.25) is 0 Å². The number of amides is 2. The highest BCUT2D eigenvalue weighted by Crippen LogP contribution is 1.88. The molecular formula is C9H17N3O2. The van der Waals surface area contributed by atoms with E-state index in [0.29, 0.717) is 13.2 Å². The monoisotopic (exact) mass is 199 g/mol. The van der Waals surface area contributed by atoms with Gasteiger partial charge in [-0.3, -0.25) is 0 Å². The van der Waals surface area contributed by atoms with Gasteiger partial charge in [-0.2, -0.15) is 5.26 Å². The van der Waals surface area contributed by atoms with Crippen LogP contribution in [0.15, 0.2) is 0 Å². The molecule has 0 rings (SSSR count). The normalized spacial score (nSPS) is 13.9. The molecule has 0 aromatic carbocycles. The Hall–Kier alpha value is -1.28. The van der Waals surface area contributed by atoms with E-state index in [9.17, 15) is 4.79 Å². The fraction of sp³-hybridized carbons (Fsp3) is 0.778. The molecule has 14 heavy (non-hydrogen) atoms. The maximum atomic E-state index is 11.2. The molecular weight excluding hydrogens is 182 g/mol. The van der Waals surface area contributed by atoms with Gasteiger partial charge in [-0.25, -0.2) is 4.79 Å². The predicted molar refractivity (Wildman–Crippen MR) is 52.6 cm³/mol. The second-order valence-corrected chi connectivity index (χ2v) is 3.24. The molecule has 5 heteroatoms. The number of nitrogens with one attached hydrogen (secondary N) is 2. The van der Waals surface area contributed by atoms with E-state index < -0.39 is 0 Å². The van der Waals surface area contributed by atoms with Crippen molar-refractivity contribution in [1.82, 2.24) is 10.6 Å². The highest BCUT2D eigenvalue weighted by atomic mass is 16.5. The van der Waals surface area contributed by atoms with Gasteiger partial charge in [0.05, 0.1) is 24.6 Å². The summed E-state index contributed by atoms with van der Waals surface area (Å²) in [4.78, 5) is 11.2. The molecule has 2 atom stereocenters. The lowest BCUT2D eigenvalue weighted by Gasteiger charge is -2.13. The van der Waals surface area contributed by atoms with E-state index in [1.807, 2.05) is 13.0 Å². The fourth-order valence-electron chi connectivity index (χ4n) is 0.858. The fourth-order valence-corrected chi connectivity index (χ4v) is 0.858. The first kappa shape index (κ1) is 12.7. The number of carbonyl (C=O) groups is 1. The molecule has 2 N–H and O–H groups in total. The van der Waals surface area contributed by atoms with Crippen LogP contribution in [-0.2, 0) is 4.74 Å². The lowest BCUT2D eigenvalue weighted by Crippen LogP contribution is -2.43. The van der Waals surface area contributed by atoms with Gasteiger partial charge in [-0.05, 0) is 13.8 Å². The third-order valence-corrected chi connectivity index (χ3v) is 1.58. The largest absolute Gasteiger partial charge is 0.383 e. The summed E-state index contributed by atoms with van der Waals surface area (Å²) in [6, 6.07) is 1.73. The maximum absolute atomic E-state index is 11.2. The van der Waals surface area contributed by atoms with Crippen LogP contribution in [0.3, 0.4) is 0 Å². The van der Waals surface area contributed by atoms with E-state index in [4.69, 9.17) is 10.00 Å². The van der Waals surface area contributed by atoms with Gasteiger partial charge in [-0.15, -0.1) is 0 Å². The number of carbonyl (C=O) groups excluding carboxylic acids is 1. The van der Waals surface area contributed by atoms with Crippen LogP contribution in [0.25, 0.3) is 0 Å². The minimum absolute atomic E-state index is 0.0302. The number of methoxy groups -OCH3 is 1. The van der Waals surface area contributed by atoms with Gasteiger partial charge in [0.15, 0.2) is 0 Å². The smallest absolute Gasteiger partial charge is 0.315 e. The predicted octanol–water partition coefficient (Wildman–Crippen LogP) is 0.480. The van der Waals surface area contributed by atoms with Crippen LogP contribution < -0.4 is 10.6 Å². The Bertz CT molecular complexity index is 213. The molecule has 0 aliphatic rings. The van der Waals surface area contributed by atoms with Crippen molar-refractivity contribution < 1.29 is 9.53 Å². The minimum Gasteiger partial charge on any atom is -0.383 e. The average Bonchev–Trinajstić information content (AvgIpc) is 2.14. The Morgan fingerprint density at radius 1 is 1.57 bits per heavy atom. The molecule has 2 amide bonds. The summed E-state index contributed by atoms with van der Waals surface area (Å²) in [6.07, 6.45) is 0. The van der Waals surface area contributed by atoms with E-state index in [-0.39, 0.29) is 18.0 Å². The van der Waals surface area contributed by atoms with Crippen molar-refractivity contribution in [3.05, 3.63) is 0 Å². The van der Waals surface area contributed by atoms with Gasteiger partial charge in [0.2, 0.25) is 0 Å². The summed E-state index contributed by atoms with van der Waals surface area (Å²) in [7, 11) is 1.58. The zero-order chi connectivity index (χ0) is 11.0. The van der Waals surface area contributed by atoms with Crippen molar-refractivity contribution in [2.45, 2.75) is 19.9 Å². The number of hydrogen-bond donors (Lipinski definition) is 2. The molecule has 0 radical (unpaired) electrons. The lowest BCUT2D eigenvalue weighted by molar-refractivity contribution is 0.171. The second-order valence-electron chi connectivity index (χ2n) is 3.24. The van der Waals surface area contributed by atoms with Gasteiger partial charge >= 0.3 is 6.03 Å². The second kappa shape index (κ2) is 7.15. The summed E-state index contributed by atoms with van der Waals surface area (Å²) in [6.45, 7) is 4.43. The summed E-state index contributed by atoms with van der Waals surface area (Å²) < 4.78 is 4.86. The van der Waals surface area contributed by atoms with Crippen molar-refractivity contribution in [3.63, 3.8) is 0 Å². The highest BCUT2D eigenvalue weighted by Gasteiger charge is 2.07. The molecule has 0 unspecified atom stereocenters. The van der Waals surface area contributed by atoms with Gasteiger partial charge in [-0.1, -0.05) is 0 Å². The molecule has 0 fully saturated rings. The topological polar surface area (TPSA) is 74.2 Å². The molecule has 0 saturated heterocycles. The van der Waals surface area contributed by atoms with Crippen molar-refractivity contribution in [2.24, 2.45) is 5.92 Å². The summed E-state index contributed by atoms with van der Waals surface area (Å²) in [5, 5.41) is 13.7. The molecule has 0 heterocycles. The maximum Gasteiger partial charge on any atom is 0.315 e. The molecule has 0 aromatic rings. The van der Waals surface area contributed by atoms with Crippen LogP contribution in [0, 0.1) is 17.2 Å². The highest BCUT2D eigenvalue weighted by molar-refractivity contribution is 5.74. The number of nitrogens with zero attached hydrogens (tertiary/aromatic N) is 1. The van der Waals surface area contributed by atoms with Crippen LogP contribution >= 0.6 is 0 Å². The van der Waals surface area contributed by atoms with Crippen LogP contribution in [0.1, 0.15) is 13.8 Å². The zero-order valence-corrected chi connectivity index (χ0v) is 8.83. The molecule has 0 aliphatic carbocycles. The van der Waals surface area contributed by atoms with Gasteiger partial charge in [0, 0.05) is 13.7 Å². The molecule has 5 nitrogen and oxygen atoms in total. The molecule has 0 aromatic heterocycles. The summed E-state index contributed by atoms with van der Waals surface area (Å²) in [5.41, 5.74) is 0. The number of urea groups is 1. The zero-order valence-electron chi connectivity index (χ0n) is 8.83. The molecule has 0 bridgehead atoms. The Morgan fingerprint density at radius 2 is 2.21 bits per heavy atom. The summed E-state index contributed by atoms with van der Waals surface area (Å²) in [5.74, 6) is -0.168. The number of hydrogen-bond acceptors (Lipinski definition) is 3. The van der Waals surface area contributed by atoms with E-state index in [2.05, 4.69) is 10.6 Å². The third kappa shape index (κ3) is 6.26. The van der Waals surface area contributed by atoms with Crippen LogP contribution in [0.4, 0.5) is 4.79 Å². The first-order valence-electron chi connectivity index (χ1n) is 4.53. The minimum atomic E-state index is -0.267. The average molecular weight is 199 g/mol. The Kier molecular flexibility index (Phi) is 6.50. The van der Waals surface area contributed by atoms with Gasteiger partial charge in [0.1, 0.15) is 0 Å². The molecule has 0 aliphatic heterocycles. The van der Waals surface area contributed by atoms with E-state index in [1.54, 1.807) is 14.0 Å². The third-order valence-electron chi connectivity index (χ3n) is 1.58. The number of rotatable bonds is 5. The first-order valence-corrected chi connectivity index (χ1v) is 4.53. The Morgan fingerprint density at radius 3 is 2.71 bits per heavy atom. The van der Waals surface area contributed by atoms with Crippen LogP contribution in [0.5, 0.6) is 0 Å². The summed E-state index contributed by atoms with van der Waals surface area (Å²) >= 11 is 0. The quantitative estimate of drug-likeness (QED) is 0.676. The Labute approximate surface area is 84.4 Å². The SMILES string of the molecule is COC[C@H](C)NC(=O)NC[C@H](C)C#N. The van der Waals surface area contributed by atoms with Crippen molar-refractivity contribution in [1.29, 1.82) is 5.26 Å². The standard InChI is InChI=1S/C9H17N3O2/c1-7(4-10)5-11-9(13)12-8(2)6-14-3/h7-8H,5-6H2,1-3H3,(H2,11,12,13)/t7-,8+/m1/s1. The van der Waals surface area contributed by atoms with E-state index in [1.165, 1.54) is 0 Å².